The summed E-state index contributed by atoms with van der Waals surface area (Å²) in [4.78, 5) is 0. The summed E-state index contributed by atoms with van der Waals surface area (Å²) in [6, 6.07) is 12.8. The lowest BCUT2D eigenvalue weighted by molar-refractivity contribution is 0.475. The van der Waals surface area contributed by atoms with Crippen molar-refractivity contribution >= 4 is 28.7 Å². The van der Waals surface area contributed by atoms with Crippen molar-refractivity contribution in [2.24, 2.45) is 0 Å². The van der Waals surface area contributed by atoms with Gasteiger partial charge in [0.05, 0.1) is 11.2 Å². The lowest BCUT2D eigenvalue weighted by Crippen LogP contribution is -1.88. The maximum Gasteiger partial charge on any atom is 0.116 e. The number of aromatic hydroxyl groups is 1. The van der Waals surface area contributed by atoms with Crippen molar-refractivity contribution in [3.8, 4) is 5.75 Å². The Labute approximate surface area is 110 Å². The predicted octanol–water partition coefficient (Wildman–Crippen LogP) is 3.02. The molecule has 0 fully saturated rings. The fraction of sp³-hybridized carbons (Fsp3) is 0. The summed E-state index contributed by atoms with van der Waals surface area (Å²) < 4.78 is 0. The Kier molecular flexibility index (Phi) is 2.68. The molecule has 0 aliphatic heterocycles. The van der Waals surface area contributed by atoms with Gasteiger partial charge >= 0.3 is 0 Å². The highest BCUT2D eigenvalue weighted by atomic mass is 16.3. The summed E-state index contributed by atoms with van der Waals surface area (Å²) in [6.07, 6.45) is 3.72. The largest absolute Gasteiger partial charge is 0.508 e. The van der Waals surface area contributed by atoms with E-state index in [1.165, 1.54) is 0 Å². The number of nitrogens with zero attached hydrogens (tertiary/aromatic N) is 1. The van der Waals surface area contributed by atoms with E-state index in [4.69, 9.17) is 5.73 Å². The molecule has 2 aromatic carbocycles. The number of hydrogen-bond acceptors (Lipinski definition) is 3. The van der Waals surface area contributed by atoms with Gasteiger partial charge in [-0.25, -0.2) is 0 Å². The second kappa shape index (κ2) is 4.49. The second-order valence-electron chi connectivity index (χ2n) is 4.30. The first kappa shape index (κ1) is 11.3. The van der Waals surface area contributed by atoms with Crippen LogP contribution in [-0.4, -0.2) is 15.3 Å². The van der Waals surface area contributed by atoms with E-state index in [1.807, 2.05) is 36.4 Å². The Balaban J connectivity index is 2.00. The van der Waals surface area contributed by atoms with Crippen molar-refractivity contribution in [2.75, 3.05) is 5.73 Å². The van der Waals surface area contributed by atoms with Gasteiger partial charge in [-0.2, -0.15) is 5.10 Å². The van der Waals surface area contributed by atoms with Crippen molar-refractivity contribution in [3.63, 3.8) is 0 Å². The molecule has 0 saturated heterocycles. The zero-order valence-corrected chi connectivity index (χ0v) is 10.2. The maximum atomic E-state index is 9.46. The summed E-state index contributed by atoms with van der Waals surface area (Å²) in [6.45, 7) is 0. The van der Waals surface area contributed by atoms with E-state index in [0.717, 1.165) is 22.2 Å². The van der Waals surface area contributed by atoms with Crippen LogP contribution in [0.5, 0.6) is 5.75 Å². The van der Waals surface area contributed by atoms with E-state index in [2.05, 4.69) is 10.2 Å². The lowest BCUT2D eigenvalue weighted by Gasteiger charge is -2.00. The lowest BCUT2D eigenvalue weighted by atomic mass is 10.1. The van der Waals surface area contributed by atoms with Crippen molar-refractivity contribution in [1.82, 2.24) is 10.2 Å². The van der Waals surface area contributed by atoms with Gasteiger partial charge in [0.15, 0.2) is 0 Å². The van der Waals surface area contributed by atoms with Gasteiger partial charge in [-0.3, -0.25) is 5.10 Å². The third kappa shape index (κ3) is 2.15. The number of benzene rings is 2. The molecule has 0 bridgehead atoms. The smallest absolute Gasteiger partial charge is 0.116 e. The molecule has 4 heteroatoms. The Morgan fingerprint density at radius 1 is 1.11 bits per heavy atom. The molecule has 4 N–H and O–H groups in total. The molecular formula is C15H13N3O. The molecule has 1 aromatic heterocycles. The first-order valence-corrected chi connectivity index (χ1v) is 5.94. The van der Waals surface area contributed by atoms with Crippen LogP contribution in [0.3, 0.4) is 0 Å². The highest BCUT2D eigenvalue weighted by molar-refractivity contribution is 5.90. The number of H-pyrrole nitrogens is 1. The number of phenolic OH excluding ortho intramolecular Hbond substituents is 1. The molecule has 0 unspecified atom stereocenters. The zero-order chi connectivity index (χ0) is 13.2. The number of aromatic amines is 1. The molecule has 0 radical (unpaired) electrons. The number of para-hydroxylation sites is 1. The van der Waals surface area contributed by atoms with Crippen LogP contribution in [0.2, 0.25) is 0 Å². The number of anilines is 1. The van der Waals surface area contributed by atoms with Crippen molar-refractivity contribution in [1.29, 1.82) is 0 Å². The van der Waals surface area contributed by atoms with Crippen LogP contribution < -0.4 is 5.73 Å². The molecular weight excluding hydrogens is 238 g/mol. The van der Waals surface area contributed by atoms with Crippen LogP contribution in [0.1, 0.15) is 11.3 Å². The van der Waals surface area contributed by atoms with Crippen LogP contribution in [0, 0.1) is 0 Å². The number of nitrogens with one attached hydrogen (secondary N) is 1. The average molecular weight is 251 g/mol. The quantitative estimate of drug-likeness (QED) is 0.484. The van der Waals surface area contributed by atoms with Crippen LogP contribution in [0.4, 0.5) is 5.69 Å². The monoisotopic (exact) mass is 251 g/mol. The topological polar surface area (TPSA) is 74.9 Å². The maximum absolute atomic E-state index is 9.46. The molecule has 0 spiro atoms. The number of nitrogen functional groups attached to an aromatic ring is 1. The van der Waals surface area contributed by atoms with Crippen LogP contribution >= 0.6 is 0 Å². The molecule has 0 saturated carbocycles. The van der Waals surface area contributed by atoms with E-state index < -0.39 is 0 Å². The SMILES string of the molecule is Nc1ccc(O)cc1/C=C/c1n[nH]c2ccccc12. The predicted molar refractivity (Wildman–Crippen MR) is 77.5 cm³/mol. The number of hydrogen-bond donors (Lipinski definition) is 3. The summed E-state index contributed by atoms with van der Waals surface area (Å²) in [7, 11) is 0. The zero-order valence-electron chi connectivity index (χ0n) is 10.2. The molecule has 19 heavy (non-hydrogen) atoms. The highest BCUT2D eigenvalue weighted by Gasteiger charge is 2.02. The van der Waals surface area contributed by atoms with E-state index in [1.54, 1.807) is 18.2 Å². The van der Waals surface area contributed by atoms with Gasteiger partial charge in [0.25, 0.3) is 0 Å². The summed E-state index contributed by atoms with van der Waals surface area (Å²) >= 11 is 0. The summed E-state index contributed by atoms with van der Waals surface area (Å²) in [5, 5.41) is 17.7. The van der Waals surface area contributed by atoms with Gasteiger partial charge in [0.2, 0.25) is 0 Å². The van der Waals surface area contributed by atoms with Crippen LogP contribution in [0.25, 0.3) is 23.1 Å². The second-order valence-corrected chi connectivity index (χ2v) is 4.30. The molecule has 0 aliphatic rings. The standard InChI is InChI=1S/C15H13N3O/c16-13-7-6-11(19)9-10(13)5-8-15-12-3-1-2-4-14(12)17-18-15/h1-9,19H,16H2,(H,17,18)/b8-5+. The van der Waals surface area contributed by atoms with E-state index in [9.17, 15) is 5.11 Å². The number of aromatic nitrogens is 2. The van der Waals surface area contributed by atoms with Gasteiger partial charge in [-0.05, 0) is 30.3 Å². The number of fused-ring (bicyclic) bond motifs is 1. The first-order valence-electron chi connectivity index (χ1n) is 5.94. The van der Waals surface area contributed by atoms with E-state index >= 15 is 0 Å². The van der Waals surface area contributed by atoms with Gasteiger partial charge in [0.1, 0.15) is 5.75 Å². The fourth-order valence-corrected chi connectivity index (χ4v) is 1.99. The Bertz CT molecular complexity index is 759. The number of phenols is 1. The third-order valence-electron chi connectivity index (χ3n) is 2.99. The molecule has 0 aliphatic carbocycles. The van der Waals surface area contributed by atoms with Crippen LogP contribution in [-0.2, 0) is 0 Å². The van der Waals surface area contributed by atoms with Gasteiger partial charge in [-0.15, -0.1) is 0 Å². The molecule has 0 amide bonds. The molecule has 94 valence electrons. The fourth-order valence-electron chi connectivity index (χ4n) is 1.99. The molecule has 0 atom stereocenters. The van der Waals surface area contributed by atoms with Gasteiger partial charge < -0.3 is 10.8 Å². The number of nitrogens with two attached hydrogens (primary N) is 1. The third-order valence-corrected chi connectivity index (χ3v) is 2.99. The van der Waals surface area contributed by atoms with Crippen LogP contribution in [0.15, 0.2) is 42.5 Å². The molecule has 4 nitrogen and oxygen atoms in total. The van der Waals surface area contributed by atoms with Crippen molar-refractivity contribution in [3.05, 3.63) is 53.7 Å². The Hall–Kier alpha value is -2.75. The normalized spacial score (nSPS) is 11.4. The highest BCUT2D eigenvalue weighted by Crippen LogP contribution is 2.22. The summed E-state index contributed by atoms with van der Waals surface area (Å²) in [5.41, 5.74) is 9.08. The van der Waals surface area contributed by atoms with E-state index in [-0.39, 0.29) is 5.75 Å². The Morgan fingerprint density at radius 2 is 1.95 bits per heavy atom. The minimum absolute atomic E-state index is 0.195. The van der Waals surface area contributed by atoms with Gasteiger partial charge in [0, 0.05) is 16.6 Å². The molecule has 3 rings (SSSR count). The Morgan fingerprint density at radius 3 is 2.84 bits per heavy atom. The van der Waals surface area contributed by atoms with Gasteiger partial charge in [-0.1, -0.05) is 24.3 Å². The average Bonchev–Trinajstić information content (AvgIpc) is 2.83. The number of rotatable bonds is 2. The minimum Gasteiger partial charge on any atom is -0.508 e. The van der Waals surface area contributed by atoms with Crippen molar-refractivity contribution in [2.45, 2.75) is 0 Å². The minimum atomic E-state index is 0.195. The molecule has 1 heterocycles. The van der Waals surface area contributed by atoms with Crippen molar-refractivity contribution < 1.29 is 5.11 Å². The first-order chi connectivity index (χ1) is 9.24. The van der Waals surface area contributed by atoms with E-state index in [0.29, 0.717) is 5.69 Å². The molecule has 3 aromatic rings. The summed E-state index contributed by atoms with van der Waals surface area (Å²) in [5.74, 6) is 0.195.